The van der Waals surface area contributed by atoms with Crippen LogP contribution in [0.3, 0.4) is 0 Å². The molecule has 3 bridgehead atoms. The molecule has 4 aliphatic rings. The average molecular weight is 1120 g/mol. The van der Waals surface area contributed by atoms with E-state index in [0.29, 0.717) is 23.3 Å². The molecule has 4 aliphatic heterocycles. The molecule has 0 radical (unpaired) electrons. The lowest BCUT2D eigenvalue weighted by molar-refractivity contribution is -0.142. The Morgan fingerprint density at radius 1 is 0.806 bits per heavy atom. The van der Waals surface area contributed by atoms with E-state index in [-0.39, 0.29) is 72.6 Å². The number of nitrogens with one attached hydrogen (secondary N) is 6. The Bertz CT molecular complexity index is 2140. The van der Waals surface area contributed by atoms with Gasteiger partial charge < -0.3 is 47.2 Å². The molecule has 0 spiro atoms. The molecule has 12 atom stereocenters. The van der Waals surface area contributed by atoms with E-state index in [2.05, 4.69) is 38.5 Å². The van der Waals surface area contributed by atoms with Gasteiger partial charge in [-0.15, -0.1) is 0 Å². The van der Waals surface area contributed by atoms with Crippen LogP contribution in [0.1, 0.15) is 58.4 Å². The number of hydrogen-bond donors (Lipinski definition) is 10. The second-order valence-electron chi connectivity index (χ2n) is 18.3. The highest BCUT2D eigenvalue weighted by molar-refractivity contribution is 8.77. The van der Waals surface area contributed by atoms with Gasteiger partial charge in [-0.3, -0.25) is 53.8 Å². The van der Waals surface area contributed by atoms with Crippen molar-refractivity contribution in [2.75, 3.05) is 47.6 Å². The Balaban J connectivity index is 1.73. The minimum atomic E-state index is -1.38. The predicted octanol–water partition coefficient (Wildman–Crippen LogP) is 0.834. The van der Waals surface area contributed by atoms with Gasteiger partial charge in [0, 0.05) is 71.4 Å². The zero-order valence-corrected chi connectivity index (χ0v) is 45.2. The molecule has 5 rings (SSSR count). The molecule has 0 aliphatic carbocycles. The maximum atomic E-state index is 15.5. The quantitative estimate of drug-likeness (QED) is 0.127. The number of fused-ring (bicyclic) bond motifs is 11. The molecule has 20 nitrogen and oxygen atoms in total. The Morgan fingerprint density at radius 2 is 1.47 bits per heavy atom. The van der Waals surface area contributed by atoms with Gasteiger partial charge in [0.15, 0.2) is 17.3 Å². The predicted molar refractivity (Wildman–Crippen MR) is 285 cm³/mol. The van der Waals surface area contributed by atoms with Crippen molar-refractivity contribution in [3.63, 3.8) is 0 Å². The molecule has 0 saturated carbocycles. The van der Waals surface area contributed by atoms with E-state index in [0.717, 1.165) is 0 Å². The van der Waals surface area contributed by atoms with E-state index < -0.39 is 132 Å². The lowest BCUT2D eigenvalue weighted by Crippen LogP contribution is -2.61. The number of primary amides is 1. The molecule has 4 saturated heterocycles. The number of rotatable bonds is 8. The van der Waals surface area contributed by atoms with Crippen LogP contribution in [0, 0.1) is 11.8 Å². The number of carboxylic acids is 1. The summed E-state index contributed by atoms with van der Waals surface area (Å²) in [5, 5.41) is 48.9. The third-order valence-electron chi connectivity index (χ3n) is 12.7. The Kier molecular flexibility index (Phi) is 23.9. The van der Waals surface area contributed by atoms with E-state index in [1.807, 2.05) is 0 Å². The first kappa shape index (κ1) is 59.4. The number of phenols is 1. The van der Waals surface area contributed by atoms with Gasteiger partial charge in [0.1, 0.15) is 17.8 Å². The average Bonchev–Trinajstić information content (AvgIpc) is 3.83. The number of carbonyl (C=O) groups is 9. The van der Waals surface area contributed by atoms with Crippen LogP contribution in [0.15, 0.2) is 36.4 Å². The molecule has 4 heterocycles. The zero-order chi connectivity index (χ0) is 52.6. The van der Waals surface area contributed by atoms with Crippen LogP contribution < -0.4 is 37.6 Å². The van der Waals surface area contributed by atoms with Crippen molar-refractivity contribution in [2.24, 2.45) is 17.6 Å². The summed E-state index contributed by atoms with van der Waals surface area (Å²) in [5.74, 6) is -6.72. The summed E-state index contributed by atoms with van der Waals surface area (Å²) >= 11 is 0. The molecule has 1 aromatic carbocycles. The molecule has 1 aromatic rings. The van der Waals surface area contributed by atoms with Gasteiger partial charge in [-0.25, -0.2) is 0 Å². The topological polar surface area (TPSA) is 316 Å². The molecule has 5 amide bonds. The number of nitrogens with two attached hydrogens (primary N) is 1. The van der Waals surface area contributed by atoms with E-state index >= 15 is 4.79 Å². The molecular formula is C46H66N8O12S6. The number of hydrogen-bond acceptors (Lipinski definition) is 20. The fraction of sp³-hybridized carbons (Fsp3) is 0.630. The van der Waals surface area contributed by atoms with E-state index in [9.17, 15) is 53.7 Å². The summed E-state index contributed by atoms with van der Waals surface area (Å²) in [6, 6.07) is -4.02. The van der Waals surface area contributed by atoms with Gasteiger partial charge in [-0.05, 0) is 62.8 Å². The summed E-state index contributed by atoms with van der Waals surface area (Å²) in [6.45, 7) is 8.63. The van der Waals surface area contributed by atoms with Gasteiger partial charge in [0.2, 0.25) is 29.5 Å². The number of phenolic OH excluding ortho intramolecular Hbond substituents is 1. The standard InChI is InChI=1S/C46H66N8O12S6/c1-23-17-67-71-21-34-29-19-69-68-18-24(2)37(57)16-48-45(65)40(26(4)55)52-35(41(61)25(3)49-44(64)36-6-5-13-54(36)46(66)32(51-34)15-38(47)58)22-72-70-20-33(23)50-30(11-12-39(59)60)43(63)53-31(42(29)62)14-27-7-9-28(56)10-8-27/h7-10,24-26,29-36,40,50-52,55-56H,1,5-6,11-22H2,2-4H3,(H2,47,58)(H,48,65)(H,49,64)(H,53,63)(H,59,60)/t24?,25?,26-,29?,30+,31+,32+,33?,34?,35?,36+,40+/m1/s1. The molecule has 0 aromatic heterocycles. The normalized spacial score (nSPS) is 31.4. The summed E-state index contributed by atoms with van der Waals surface area (Å²) in [6.07, 6.45) is -1.87. The summed E-state index contributed by atoms with van der Waals surface area (Å²) < 4.78 is 0. The van der Waals surface area contributed by atoms with Crippen molar-refractivity contribution in [1.82, 2.24) is 36.8 Å². The summed E-state index contributed by atoms with van der Waals surface area (Å²) in [4.78, 5) is 127. The van der Waals surface area contributed by atoms with Crippen molar-refractivity contribution in [1.29, 1.82) is 0 Å². The van der Waals surface area contributed by atoms with Crippen LogP contribution in [-0.2, 0) is 49.6 Å². The molecule has 11 N–H and O–H groups in total. The van der Waals surface area contributed by atoms with Gasteiger partial charge in [-0.1, -0.05) is 90.4 Å². The number of nitrogens with zero attached hydrogens (tertiary/aromatic N) is 1. The number of aliphatic hydroxyl groups excluding tert-OH is 1. The molecule has 398 valence electrons. The number of aliphatic carboxylic acids is 1. The Hall–Kier alpha value is -3.47. The second-order valence-corrected chi connectivity index (χ2v) is 25.9. The van der Waals surface area contributed by atoms with Crippen LogP contribution in [0.4, 0.5) is 0 Å². The second kappa shape index (κ2) is 29.0. The Labute approximate surface area is 442 Å². The number of amides is 5. The van der Waals surface area contributed by atoms with Crippen molar-refractivity contribution >= 4 is 118 Å². The number of carbonyl (C=O) groups excluding carboxylic acids is 8. The minimum absolute atomic E-state index is 0.0180. The van der Waals surface area contributed by atoms with Gasteiger partial charge in [0.25, 0.3) is 0 Å². The van der Waals surface area contributed by atoms with E-state index in [1.54, 1.807) is 19.1 Å². The number of aromatic hydroxyl groups is 1. The van der Waals surface area contributed by atoms with Crippen LogP contribution in [0.25, 0.3) is 0 Å². The molecule has 72 heavy (non-hydrogen) atoms. The van der Waals surface area contributed by atoms with E-state index in [4.69, 9.17) is 5.73 Å². The number of ketones is 3. The molecule has 6 unspecified atom stereocenters. The lowest BCUT2D eigenvalue weighted by atomic mass is 9.89. The fourth-order valence-electron chi connectivity index (χ4n) is 8.50. The highest BCUT2D eigenvalue weighted by atomic mass is 33.1. The first-order chi connectivity index (χ1) is 34.2. The van der Waals surface area contributed by atoms with Crippen molar-refractivity contribution in [3.8, 4) is 5.75 Å². The fourth-order valence-corrected chi connectivity index (χ4v) is 16.1. The minimum Gasteiger partial charge on any atom is -0.508 e. The molecule has 4 fully saturated rings. The highest BCUT2D eigenvalue weighted by Gasteiger charge is 2.43. The largest absolute Gasteiger partial charge is 0.508 e. The van der Waals surface area contributed by atoms with Gasteiger partial charge in [-0.2, -0.15) is 0 Å². The SMILES string of the molecule is C=C1CSSCC2N[C@@H](CC(N)=O)C(=O)N3CCC[C@H]3C(=O)NC(C)C(=O)C3CSSCC1N[C@@H](CCC(=O)O)C(=O)N[C@@H](Cc1ccc(O)cc1)C(=O)C2CSSCC(C)C(=O)CNC(=O)[C@H]([C@@H](C)O)N3. The van der Waals surface area contributed by atoms with E-state index in [1.165, 1.54) is 95.6 Å². The maximum Gasteiger partial charge on any atom is 0.303 e. The van der Waals surface area contributed by atoms with Crippen molar-refractivity contribution in [2.45, 2.75) is 120 Å². The Morgan fingerprint density at radius 3 is 2.15 bits per heavy atom. The maximum absolute atomic E-state index is 15.5. The first-order valence-corrected chi connectivity index (χ1v) is 31.1. The van der Waals surface area contributed by atoms with Crippen LogP contribution in [0.5, 0.6) is 5.75 Å². The smallest absolute Gasteiger partial charge is 0.303 e. The molecule has 26 heteroatoms. The first-order valence-electron chi connectivity index (χ1n) is 23.7. The summed E-state index contributed by atoms with van der Waals surface area (Å²) in [5.41, 5.74) is 7.03. The van der Waals surface area contributed by atoms with Crippen LogP contribution in [-0.4, -0.2) is 181 Å². The number of aliphatic hydroxyl groups is 1. The van der Waals surface area contributed by atoms with Crippen molar-refractivity contribution < 1.29 is 58.5 Å². The number of carboxylic acid groups (broad SMARTS) is 1. The monoisotopic (exact) mass is 1110 g/mol. The molecular weight excluding hydrogens is 1050 g/mol. The highest BCUT2D eigenvalue weighted by Crippen LogP contribution is 2.34. The van der Waals surface area contributed by atoms with Gasteiger partial charge >= 0.3 is 5.97 Å². The van der Waals surface area contributed by atoms with Crippen LogP contribution >= 0.6 is 64.8 Å². The van der Waals surface area contributed by atoms with Crippen LogP contribution in [0.2, 0.25) is 0 Å². The number of Topliss-reactive ketones (excluding diaryl/α,β-unsaturated/α-hetero) is 3. The third kappa shape index (κ3) is 17.6. The number of benzene rings is 1. The third-order valence-corrected chi connectivity index (χ3v) is 20.2. The lowest BCUT2D eigenvalue weighted by Gasteiger charge is -2.35. The summed E-state index contributed by atoms with van der Waals surface area (Å²) in [7, 11) is 7.85. The van der Waals surface area contributed by atoms with Crippen molar-refractivity contribution in [3.05, 3.63) is 42.0 Å². The zero-order valence-electron chi connectivity index (χ0n) is 40.3. The van der Waals surface area contributed by atoms with Gasteiger partial charge in [0.05, 0.1) is 49.3 Å².